The number of hydrogen-bond acceptors (Lipinski definition) is 6. The number of rotatable bonds is 6. The minimum atomic E-state index is -0.758. The fourth-order valence-corrected chi connectivity index (χ4v) is 8.12. The molecule has 3 fully saturated rings. The number of allylic oxidation sites excluding steroid dienone is 2. The van der Waals surface area contributed by atoms with Crippen molar-refractivity contribution in [2.75, 3.05) is 16.9 Å². The van der Waals surface area contributed by atoms with Crippen LogP contribution in [0.15, 0.2) is 78.4 Å². The molecule has 1 saturated carbocycles. The van der Waals surface area contributed by atoms with Crippen LogP contribution in [0.2, 0.25) is 0 Å². The maximum Gasteiger partial charge on any atom is 0.238 e. The molecule has 2 aliphatic carbocycles. The first-order valence-electron chi connectivity index (χ1n) is 15.8. The molecule has 0 aromatic heterocycles. The van der Waals surface area contributed by atoms with Gasteiger partial charge in [0.25, 0.3) is 0 Å². The largest absolute Gasteiger partial charge is 0.508 e. The predicted octanol–water partition coefficient (Wildman–Crippen LogP) is 5.57. The van der Waals surface area contributed by atoms with E-state index in [-0.39, 0.29) is 35.8 Å². The highest BCUT2D eigenvalue weighted by Crippen LogP contribution is 2.59. The van der Waals surface area contributed by atoms with Crippen molar-refractivity contribution in [1.29, 1.82) is 0 Å². The molecule has 1 N–H and O–H groups in total. The number of phenolic OH excluding ortho intramolecular Hbond substituents is 1. The number of hydrogen-bond donors (Lipinski definition) is 1. The summed E-state index contributed by atoms with van der Waals surface area (Å²) in [5.41, 5.74) is 4.61. The van der Waals surface area contributed by atoms with Gasteiger partial charge in [-0.3, -0.25) is 29.0 Å². The monoisotopic (exact) mass is 604 g/mol. The number of ether oxygens (including phenoxy) is 1. The van der Waals surface area contributed by atoms with E-state index in [1.165, 1.54) is 23.0 Å². The normalized spacial score (nSPS) is 27.3. The van der Waals surface area contributed by atoms with Gasteiger partial charge in [0.2, 0.25) is 23.6 Å². The molecular weight excluding hydrogens is 568 g/mol. The average Bonchev–Trinajstić information content (AvgIpc) is 3.47. The standard InChI is InChI=1S/C37H36N2O6/c1-4-20-6-10-22(11-7-20)38-34(41)27-17-16-25-28(32(27)36(38)43)19-29-33(31(25)26-15-14-24(45-3)18-30(26)40)37(44)39(35(29)42)23-12-8-21(5-2)9-13-23/h6-16,18,27-29,31-33,40H,4-5,17,19H2,1-3H3. The van der Waals surface area contributed by atoms with Crippen molar-refractivity contribution in [2.24, 2.45) is 29.6 Å². The van der Waals surface area contributed by atoms with Gasteiger partial charge in [0.1, 0.15) is 11.5 Å². The van der Waals surface area contributed by atoms with Crippen LogP contribution in [0.5, 0.6) is 11.5 Å². The number of anilines is 2. The van der Waals surface area contributed by atoms with Crippen LogP contribution in [0.25, 0.3) is 0 Å². The van der Waals surface area contributed by atoms with E-state index < -0.39 is 35.5 Å². The average molecular weight is 605 g/mol. The molecule has 8 nitrogen and oxygen atoms in total. The molecule has 2 saturated heterocycles. The Morgan fingerprint density at radius 3 is 1.80 bits per heavy atom. The van der Waals surface area contributed by atoms with E-state index in [1.54, 1.807) is 24.3 Å². The topological polar surface area (TPSA) is 104 Å². The molecule has 0 spiro atoms. The zero-order chi connectivity index (χ0) is 31.6. The molecule has 6 atom stereocenters. The summed E-state index contributed by atoms with van der Waals surface area (Å²) in [5.74, 6) is -4.47. The SMILES string of the molecule is CCc1ccc(N2C(=O)C3CC=C4C(CC5C(=O)N(c6ccc(CC)cc6)C(=O)C5C4c4ccc(OC)cc4O)C3C2=O)cc1. The van der Waals surface area contributed by atoms with Gasteiger partial charge in [0.05, 0.1) is 42.2 Å². The maximum atomic E-state index is 14.3. The van der Waals surface area contributed by atoms with Crippen molar-refractivity contribution in [2.45, 2.75) is 45.4 Å². The van der Waals surface area contributed by atoms with Gasteiger partial charge in [-0.25, -0.2) is 0 Å². The van der Waals surface area contributed by atoms with Crippen molar-refractivity contribution in [3.05, 3.63) is 95.1 Å². The fourth-order valence-electron chi connectivity index (χ4n) is 8.12. The molecule has 3 aromatic carbocycles. The summed E-state index contributed by atoms with van der Waals surface area (Å²) in [6.45, 7) is 4.09. The maximum absolute atomic E-state index is 14.3. The summed E-state index contributed by atoms with van der Waals surface area (Å²) in [7, 11) is 1.51. The van der Waals surface area contributed by atoms with Crippen LogP contribution in [0.1, 0.15) is 49.3 Å². The van der Waals surface area contributed by atoms with Crippen molar-refractivity contribution in [3.63, 3.8) is 0 Å². The lowest BCUT2D eigenvalue weighted by molar-refractivity contribution is -0.126. The van der Waals surface area contributed by atoms with Crippen LogP contribution < -0.4 is 14.5 Å². The van der Waals surface area contributed by atoms with Crippen molar-refractivity contribution in [3.8, 4) is 11.5 Å². The number of benzene rings is 3. The summed E-state index contributed by atoms with van der Waals surface area (Å²) in [5, 5.41) is 11.2. The van der Waals surface area contributed by atoms with Crippen LogP contribution in [-0.4, -0.2) is 35.8 Å². The summed E-state index contributed by atoms with van der Waals surface area (Å²) in [6.07, 6.45) is 4.29. The van der Waals surface area contributed by atoms with E-state index in [9.17, 15) is 24.3 Å². The minimum absolute atomic E-state index is 0.0424. The second kappa shape index (κ2) is 11.0. The molecule has 6 unspecified atom stereocenters. The first kappa shape index (κ1) is 29.0. The Hall–Kier alpha value is -4.72. The molecule has 0 bridgehead atoms. The van der Waals surface area contributed by atoms with Gasteiger partial charge in [-0.1, -0.05) is 55.8 Å². The summed E-state index contributed by atoms with van der Waals surface area (Å²) >= 11 is 0. The highest BCUT2D eigenvalue weighted by molar-refractivity contribution is 6.24. The Bertz CT molecular complexity index is 1740. The second-order valence-corrected chi connectivity index (χ2v) is 12.5. The molecule has 8 heteroatoms. The lowest BCUT2D eigenvalue weighted by atomic mass is 9.57. The smallest absolute Gasteiger partial charge is 0.238 e. The number of aromatic hydroxyl groups is 1. The summed E-state index contributed by atoms with van der Waals surface area (Å²) in [4.78, 5) is 59.0. The van der Waals surface area contributed by atoms with E-state index in [1.807, 2.05) is 56.3 Å². The zero-order valence-electron chi connectivity index (χ0n) is 25.6. The van der Waals surface area contributed by atoms with Crippen LogP contribution >= 0.6 is 0 Å². The van der Waals surface area contributed by atoms with Gasteiger partial charge in [0.15, 0.2) is 0 Å². The molecule has 2 aliphatic heterocycles. The molecule has 230 valence electrons. The molecule has 45 heavy (non-hydrogen) atoms. The lowest BCUT2D eigenvalue weighted by Crippen LogP contribution is -2.43. The van der Waals surface area contributed by atoms with E-state index in [0.29, 0.717) is 29.1 Å². The zero-order valence-corrected chi connectivity index (χ0v) is 25.6. The number of aryl methyl sites for hydroxylation is 2. The Morgan fingerprint density at radius 1 is 0.711 bits per heavy atom. The summed E-state index contributed by atoms with van der Waals surface area (Å²) < 4.78 is 5.32. The molecule has 4 aliphatic rings. The molecule has 7 rings (SSSR count). The Balaban J connectivity index is 1.32. The molecule has 0 radical (unpaired) electrons. The van der Waals surface area contributed by atoms with Crippen molar-refractivity contribution < 1.29 is 29.0 Å². The Kier molecular flexibility index (Phi) is 7.10. The van der Waals surface area contributed by atoms with Gasteiger partial charge in [-0.15, -0.1) is 0 Å². The highest BCUT2D eigenvalue weighted by atomic mass is 16.5. The number of fused-ring (bicyclic) bond motifs is 4. The lowest BCUT2D eigenvalue weighted by Gasteiger charge is -2.44. The third-order valence-corrected chi connectivity index (χ3v) is 10.4. The number of nitrogens with zero attached hydrogens (tertiary/aromatic N) is 2. The summed E-state index contributed by atoms with van der Waals surface area (Å²) in [6, 6.07) is 19.9. The van der Waals surface area contributed by atoms with Crippen LogP contribution in [0.4, 0.5) is 11.4 Å². The van der Waals surface area contributed by atoms with E-state index >= 15 is 0 Å². The first-order valence-corrected chi connectivity index (χ1v) is 15.8. The number of methoxy groups -OCH3 is 1. The van der Waals surface area contributed by atoms with Crippen LogP contribution in [0.3, 0.4) is 0 Å². The fraction of sp³-hybridized carbons (Fsp3) is 0.351. The number of carbonyl (C=O) groups is 4. The van der Waals surface area contributed by atoms with Crippen LogP contribution in [-0.2, 0) is 32.0 Å². The molecule has 2 heterocycles. The quantitative estimate of drug-likeness (QED) is 0.292. The van der Waals surface area contributed by atoms with Crippen molar-refractivity contribution in [1.82, 2.24) is 0 Å². The Morgan fingerprint density at radius 2 is 1.27 bits per heavy atom. The van der Waals surface area contributed by atoms with Crippen LogP contribution in [0, 0.1) is 29.6 Å². The van der Waals surface area contributed by atoms with Gasteiger partial charge >= 0.3 is 0 Å². The number of carbonyl (C=O) groups excluding carboxylic acids is 4. The van der Waals surface area contributed by atoms with E-state index in [0.717, 1.165) is 29.5 Å². The second-order valence-electron chi connectivity index (χ2n) is 12.5. The van der Waals surface area contributed by atoms with Gasteiger partial charge in [0, 0.05) is 17.5 Å². The molecule has 3 aromatic rings. The van der Waals surface area contributed by atoms with Crippen molar-refractivity contribution >= 4 is 35.0 Å². The molecule has 4 amide bonds. The highest BCUT2D eigenvalue weighted by Gasteiger charge is 2.62. The minimum Gasteiger partial charge on any atom is -0.508 e. The number of phenols is 1. The van der Waals surface area contributed by atoms with Gasteiger partial charge < -0.3 is 9.84 Å². The van der Waals surface area contributed by atoms with Gasteiger partial charge in [-0.2, -0.15) is 0 Å². The van der Waals surface area contributed by atoms with E-state index in [2.05, 4.69) is 0 Å². The van der Waals surface area contributed by atoms with Gasteiger partial charge in [-0.05, 0) is 73.1 Å². The number of amides is 4. The van der Waals surface area contributed by atoms with E-state index in [4.69, 9.17) is 4.74 Å². The first-order chi connectivity index (χ1) is 21.8. The Labute approximate surface area is 262 Å². The third kappa shape index (κ3) is 4.41. The third-order valence-electron chi connectivity index (χ3n) is 10.4. The molecular formula is C37H36N2O6. The predicted molar refractivity (Wildman–Crippen MR) is 169 cm³/mol. The number of imide groups is 2.